The largest absolute Gasteiger partial charge is 0.355 e. The molecule has 0 spiro atoms. The van der Waals surface area contributed by atoms with E-state index in [1.807, 2.05) is 6.07 Å². The Bertz CT molecular complexity index is 808. The topological polar surface area (TPSA) is 74.2 Å². The Labute approximate surface area is 157 Å². The fraction of sp³-hybridized carbons (Fsp3) is 0.444. The Kier molecular flexibility index (Phi) is 4.88. The Morgan fingerprint density at radius 1 is 1.04 bits per heavy atom. The number of rotatable bonds is 4. The number of amides is 1. The van der Waals surface area contributed by atoms with Crippen molar-refractivity contribution >= 4 is 40.6 Å². The summed E-state index contributed by atoms with van der Waals surface area (Å²) >= 11 is 6.31. The first-order valence-electron chi connectivity index (χ1n) is 9.00. The standard InChI is InChI=1S/C18H21ClN6O/c19-15-12-21-18(23-17(15)24-6-2-1-3-7-24)22-13-9-14(11-20-10-13)25-8-4-5-16(25)26/h9-12H,1-8H2,(H,21,22,23). The lowest BCUT2D eigenvalue weighted by Gasteiger charge is -2.28. The molecule has 2 aliphatic rings. The summed E-state index contributed by atoms with van der Waals surface area (Å²) in [4.78, 5) is 29.0. The van der Waals surface area contributed by atoms with E-state index in [1.165, 1.54) is 6.42 Å². The Morgan fingerprint density at radius 3 is 2.65 bits per heavy atom. The summed E-state index contributed by atoms with van der Waals surface area (Å²) in [5.74, 6) is 1.38. The molecule has 0 aliphatic carbocycles. The lowest BCUT2D eigenvalue weighted by atomic mass is 10.1. The Morgan fingerprint density at radius 2 is 1.88 bits per heavy atom. The van der Waals surface area contributed by atoms with Gasteiger partial charge in [0.1, 0.15) is 5.02 Å². The number of pyridine rings is 1. The number of hydrogen-bond donors (Lipinski definition) is 1. The van der Waals surface area contributed by atoms with Crippen molar-refractivity contribution in [2.75, 3.05) is 34.8 Å². The lowest BCUT2D eigenvalue weighted by Crippen LogP contribution is -2.30. The van der Waals surface area contributed by atoms with E-state index in [0.717, 1.165) is 56.1 Å². The first kappa shape index (κ1) is 17.0. The summed E-state index contributed by atoms with van der Waals surface area (Å²) in [5.41, 5.74) is 1.54. The molecule has 0 saturated carbocycles. The van der Waals surface area contributed by atoms with Gasteiger partial charge in [-0.15, -0.1) is 0 Å². The van der Waals surface area contributed by atoms with Gasteiger partial charge in [-0.3, -0.25) is 9.78 Å². The van der Waals surface area contributed by atoms with Crippen LogP contribution in [0.5, 0.6) is 0 Å². The summed E-state index contributed by atoms with van der Waals surface area (Å²) < 4.78 is 0. The summed E-state index contributed by atoms with van der Waals surface area (Å²) in [7, 11) is 0. The van der Waals surface area contributed by atoms with Crippen LogP contribution in [0, 0.1) is 0 Å². The molecule has 2 aliphatic heterocycles. The van der Waals surface area contributed by atoms with Crippen molar-refractivity contribution in [1.29, 1.82) is 0 Å². The average Bonchev–Trinajstić information content (AvgIpc) is 3.10. The fourth-order valence-electron chi connectivity index (χ4n) is 3.44. The molecule has 0 atom stereocenters. The molecule has 0 bridgehead atoms. The van der Waals surface area contributed by atoms with Crippen molar-refractivity contribution in [3.8, 4) is 0 Å². The van der Waals surface area contributed by atoms with E-state index in [2.05, 4.69) is 25.2 Å². The second-order valence-electron chi connectivity index (χ2n) is 6.62. The maximum atomic E-state index is 11.9. The number of halogens is 1. The average molecular weight is 373 g/mol. The van der Waals surface area contributed by atoms with Gasteiger partial charge >= 0.3 is 0 Å². The number of aromatic nitrogens is 3. The van der Waals surface area contributed by atoms with Crippen LogP contribution in [0.2, 0.25) is 5.02 Å². The summed E-state index contributed by atoms with van der Waals surface area (Å²) in [6.45, 7) is 2.66. The van der Waals surface area contributed by atoms with Crippen LogP contribution in [0.1, 0.15) is 32.1 Å². The minimum absolute atomic E-state index is 0.138. The highest BCUT2D eigenvalue weighted by Gasteiger charge is 2.22. The van der Waals surface area contributed by atoms with Crippen molar-refractivity contribution in [3.63, 3.8) is 0 Å². The van der Waals surface area contributed by atoms with Crippen LogP contribution in [0.15, 0.2) is 24.7 Å². The first-order valence-corrected chi connectivity index (χ1v) is 9.38. The predicted octanol–water partition coefficient (Wildman–Crippen LogP) is 3.39. The van der Waals surface area contributed by atoms with Gasteiger partial charge in [-0.05, 0) is 31.7 Å². The van der Waals surface area contributed by atoms with Gasteiger partial charge in [-0.1, -0.05) is 11.6 Å². The maximum Gasteiger partial charge on any atom is 0.229 e. The normalized spacial score (nSPS) is 17.7. The molecule has 4 rings (SSSR count). The number of anilines is 4. The molecule has 0 aromatic carbocycles. The van der Waals surface area contributed by atoms with Gasteiger partial charge in [0.25, 0.3) is 0 Å². The van der Waals surface area contributed by atoms with Crippen molar-refractivity contribution < 1.29 is 4.79 Å². The van der Waals surface area contributed by atoms with Gasteiger partial charge in [-0.2, -0.15) is 4.98 Å². The second-order valence-corrected chi connectivity index (χ2v) is 7.03. The zero-order valence-corrected chi connectivity index (χ0v) is 15.2. The Balaban J connectivity index is 1.54. The molecular weight excluding hydrogens is 352 g/mol. The van der Waals surface area contributed by atoms with Gasteiger partial charge in [0, 0.05) is 26.1 Å². The van der Waals surface area contributed by atoms with Crippen molar-refractivity contribution in [3.05, 3.63) is 29.7 Å². The molecule has 2 aromatic heterocycles. The van der Waals surface area contributed by atoms with Crippen LogP contribution in [0.25, 0.3) is 0 Å². The van der Waals surface area contributed by atoms with Crippen LogP contribution in [0.4, 0.5) is 23.1 Å². The molecule has 1 N–H and O–H groups in total. The van der Waals surface area contributed by atoms with Gasteiger partial charge in [0.2, 0.25) is 11.9 Å². The third-order valence-electron chi connectivity index (χ3n) is 4.75. The van der Waals surface area contributed by atoms with Crippen LogP contribution in [0.3, 0.4) is 0 Å². The molecular formula is C18H21ClN6O. The highest BCUT2D eigenvalue weighted by atomic mass is 35.5. The predicted molar refractivity (Wildman–Crippen MR) is 102 cm³/mol. The number of nitrogens with one attached hydrogen (secondary N) is 1. The van der Waals surface area contributed by atoms with E-state index in [9.17, 15) is 4.79 Å². The lowest BCUT2D eigenvalue weighted by molar-refractivity contribution is -0.117. The first-order chi connectivity index (χ1) is 12.7. The molecule has 2 aromatic rings. The molecule has 1 amide bonds. The quantitative estimate of drug-likeness (QED) is 0.886. The maximum absolute atomic E-state index is 11.9. The summed E-state index contributed by atoms with van der Waals surface area (Å²) in [6.07, 6.45) is 10.1. The highest BCUT2D eigenvalue weighted by Crippen LogP contribution is 2.28. The van der Waals surface area contributed by atoms with E-state index in [-0.39, 0.29) is 5.91 Å². The van der Waals surface area contributed by atoms with Crippen molar-refractivity contribution in [2.24, 2.45) is 0 Å². The van der Waals surface area contributed by atoms with Gasteiger partial charge in [0.05, 0.1) is 30.0 Å². The van der Waals surface area contributed by atoms with Crippen LogP contribution >= 0.6 is 11.6 Å². The minimum atomic E-state index is 0.138. The Hall–Kier alpha value is -2.41. The second kappa shape index (κ2) is 7.45. The highest BCUT2D eigenvalue weighted by molar-refractivity contribution is 6.32. The number of carbonyl (C=O) groups is 1. The third kappa shape index (κ3) is 3.58. The summed E-state index contributed by atoms with van der Waals surface area (Å²) in [5, 5.41) is 3.74. The molecule has 136 valence electrons. The van der Waals surface area contributed by atoms with Crippen molar-refractivity contribution in [2.45, 2.75) is 32.1 Å². The minimum Gasteiger partial charge on any atom is -0.355 e. The zero-order valence-electron chi connectivity index (χ0n) is 14.5. The SMILES string of the molecule is O=C1CCCN1c1cncc(Nc2ncc(Cl)c(N3CCCCC3)n2)c1. The van der Waals surface area contributed by atoms with Crippen LogP contribution in [-0.2, 0) is 4.79 Å². The van der Waals surface area contributed by atoms with Gasteiger partial charge in [0.15, 0.2) is 5.82 Å². The van der Waals surface area contributed by atoms with E-state index >= 15 is 0 Å². The van der Waals surface area contributed by atoms with E-state index in [0.29, 0.717) is 17.4 Å². The number of hydrogen-bond acceptors (Lipinski definition) is 6. The zero-order chi connectivity index (χ0) is 17.9. The molecule has 2 saturated heterocycles. The van der Waals surface area contributed by atoms with E-state index in [1.54, 1.807) is 23.5 Å². The fourth-order valence-corrected chi connectivity index (χ4v) is 3.65. The third-order valence-corrected chi connectivity index (χ3v) is 5.01. The molecule has 8 heteroatoms. The van der Waals surface area contributed by atoms with Crippen LogP contribution < -0.4 is 15.1 Å². The monoisotopic (exact) mass is 372 g/mol. The molecule has 0 unspecified atom stereocenters. The van der Waals surface area contributed by atoms with Gasteiger partial charge < -0.3 is 15.1 Å². The number of nitrogens with zero attached hydrogens (tertiary/aromatic N) is 5. The van der Waals surface area contributed by atoms with Crippen LogP contribution in [-0.4, -0.2) is 40.5 Å². The van der Waals surface area contributed by atoms with Gasteiger partial charge in [-0.25, -0.2) is 4.98 Å². The molecule has 7 nitrogen and oxygen atoms in total. The molecule has 0 radical (unpaired) electrons. The molecule has 26 heavy (non-hydrogen) atoms. The van der Waals surface area contributed by atoms with Crippen molar-refractivity contribution in [1.82, 2.24) is 15.0 Å². The van der Waals surface area contributed by atoms with E-state index in [4.69, 9.17) is 11.6 Å². The summed E-state index contributed by atoms with van der Waals surface area (Å²) in [6, 6.07) is 1.90. The number of carbonyl (C=O) groups excluding carboxylic acids is 1. The smallest absolute Gasteiger partial charge is 0.229 e. The molecule has 4 heterocycles. The molecule has 2 fully saturated rings. The number of piperidine rings is 1. The van der Waals surface area contributed by atoms with E-state index < -0.39 is 0 Å².